The first-order valence-corrected chi connectivity index (χ1v) is 14.0. The number of carbonyl (C=O) groups excluding carboxylic acids is 1. The molecule has 2 amide bonds. The van der Waals surface area contributed by atoms with Crippen LogP contribution in [0.5, 0.6) is 5.88 Å². The molecule has 0 saturated carbocycles. The van der Waals surface area contributed by atoms with Crippen molar-refractivity contribution in [3.8, 4) is 17.0 Å². The van der Waals surface area contributed by atoms with Gasteiger partial charge in [-0.2, -0.15) is 13.5 Å². The van der Waals surface area contributed by atoms with E-state index >= 15 is 0 Å². The molecule has 0 radical (unpaired) electrons. The van der Waals surface area contributed by atoms with E-state index in [0.717, 1.165) is 32.5 Å². The van der Waals surface area contributed by atoms with Crippen LogP contribution < -0.4 is 14.8 Å². The van der Waals surface area contributed by atoms with Crippen LogP contribution in [0.1, 0.15) is 37.8 Å². The van der Waals surface area contributed by atoms with E-state index in [2.05, 4.69) is 25.0 Å². The quantitative estimate of drug-likeness (QED) is 0.447. The van der Waals surface area contributed by atoms with Crippen LogP contribution in [0.25, 0.3) is 11.1 Å². The minimum Gasteiger partial charge on any atom is -0.481 e. The van der Waals surface area contributed by atoms with Crippen molar-refractivity contribution in [2.75, 3.05) is 32.1 Å². The van der Waals surface area contributed by atoms with Gasteiger partial charge in [0, 0.05) is 30.6 Å². The number of aromatic nitrogens is 3. The van der Waals surface area contributed by atoms with Gasteiger partial charge in [-0.25, -0.2) is 18.9 Å². The number of nitrogens with zero attached hydrogens (tertiary/aromatic N) is 4. The molecular formula is C26H31FN6O4S. The van der Waals surface area contributed by atoms with Gasteiger partial charge in [-0.05, 0) is 87.5 Å². The summed E-state index contributed by atoms with van der Waals surface area (Å²) >= 11 is 0. The minimum absolute atomic E-state index is 0.257. The average molecular weight is 543 g/mol. The number of anilines is 1. The number of rotatable bonds is 8. The summed E-state index contributed by atoms with van der Waals surface area (Å²) < 4.78 is 49.9. The number of amides is 2. The highest BCUT2D eigenvalue weighted by molar-refractivity contribution is 7.90. The molecule has 2 aromatic heterocycles. The lowest BCUT2D eigenvalue weighted by molar-refractivity contribution is 0.112. The number of pyridine rings is 1. The first kappa shape index (κ1) is 26.1. The van der Waals surface area contributed by atoms with Crippen molar-refractivity contribution < 1.29 is 22.3 Å². The van der Waals surface area contributed by atoms with Crippen molar-refractivity contribution in [2.45, 2.75) is 50.1 Å². The number of benzene rings is 1. The van der Waals surface area contributed by atoms with Crippen LogP contribution in [0.3, 0.4) is 0 Å². The molecule has 0 unspecified atom stereocenters. The number of halogens is 1. The van der Waals surface area contributed by atoms with E-state index in [9.17, 15) is 17.6 Å². The van der Waals surface area contributed by atoms with E-state index in [1.54, 1.807) is 23.0 Å². The van der Waals surface area contributed by atoms with E-state index in [-0.39, 0.29) is 10.8 Å². The van der Waals surface area contributed by atoms with E-state index in [4.69, 9.17) is 4.74 Å². The molecule has 1 aliphatic carbocycles. The fourth-order valence-corrected chi connectivity index (χ4v) is 5.89. The molecule has 10 nitrogen and oxygen atoms in total. The van der Waals surface area contributed by atoms with Crippen LogP contribution >= 0.6 is 0 Å². The standard InChI is InChI=1S/C26H31FN6O4S/c1-26(2,16-32-11-5-12-32)33-13-9-23(30-33)38(35,36)31-25(34)29-24-19-7-4-6-18(19)21(27)15-20(24)17-8-10-28-22(14-17)37-3/h8-10,13-15H,4-7,11-12,16H2,1-3H3,(H2,29,31,34). The zero-order valence-corrected chi connectivity index (χ0v) is 22.4. The summed E-state index contributed by atoms with van der Waals surface area (Å²) in [5.41, 5.74) is 2.10. The van der Waals surface area contributed by atoms with Gasteiger partial charge < -0.3 is 15.0 Å². The summed E-state index contributed by atoms with van der Waals surface area (Å²) in [7, 11) is -2.79. The Morgan fingerprint density at radius 2 is 1.92 bits per heavy atom. The van der Waals surface area contributed by atoms with Crippen LogP contribution in [0.2, 0.25) is 0 Å². The summed E-state index contributed by atoms with van der Waals surface area (Å²) in [6.45, 7) is 6.73. The Balaban J connectivity index is 1.40. The van der Waals surface area contributed by atoms with Gasteiger partial charge in [0.05, 0.1) is 18.3 Å². The second-order valence-electron chi connectivity index (χ2n) is 10.3. The molecule has 0 bridgehead atoms. The van der Waals surface area contributed by atoms with E-state index in [0.29, 0.717) is 46.7 Å². The average Bonchev–Trinajstić information content (AvgIpc) is 3.54. The molecule has 1 saturated heterocycles. The molecule has 1 aromatic carbocycles. The Kier molecular flexibility index (Phi) is 6.86. The molecule has 1 fully saturated rings. The number of nitrogens with one attached hydrogen (secondary N) is 2. The maximum absolute atomic E-state index is 14.9. The summed E-state index contributed by atoms with van der Waals surface area (Å²) in [4.78, 5) is 19.4. The van der Waals surface area contributed by atoms with Gasteiger partial charge in [0.2, 0.25) is 5.88 Å². The van der Waals surface area contributed by atoms with Crippen molar-refractivity contribution in [3.63, 3.8) is 0 Å². The van der Waals surface area contributed by atoms with Crippen LogP contribution in [0.4, 0.5) is 14.9 Å². The second-order valence-corrected chi connectivity index (χ2v) is 11.9. The Morgan fingerprint density at radius 3 is 2.63 bits per heavy atom. The minimum atomic E-state index is -4.26. The first-order chi connectivity index (χ1) is 18.1. The lowest BCUT2D eigenvalue weighted by Gasteiger charge is -2.38. The highest BCUT2D eigenvalue weighted by Gasteiger charge is 2.30. The van der Waals surface area contributed by atoms with Crippen LogP contribution in [0, 0.1) is 5.82 Å². The van der Waals surface area contributed by atoms with Crippen molar-refractivity contribution in [2.24, 2.45) is 0 Å². The van der Waals surface area contributed by atoms with Crippen LogP contribution in [-0.4, -0.2) is 60.9 Å². The first-order valence-electron chi connectivity index (χ1n) is 12.5. The molecule has 38 heavy (non-hydrogen) atoms. The Morgan fingerprint density at radius 1 is 1.16 bits per heavy atom. The number of hydrogen-bond donors (Lipinski definition) is 2. The van der Waals surface area contributed by atoms with Crippen LogP contribution in [-0.2, 0) is 28.4 Å². The number of hydrogen-bond acceptors (Lipinski definition) is 7. The number of urea groups is 1. The molecule has 5 rings (SSSR count). The number of likely N-dealkylation sites (tertiary alicyclic amines) is 1. The highest BCUT2D eigenvalue weighted by atomic mass is 32.2. The predicted molar refractivity (Wildman–Crippen MR) is 140 cm³/mol. The molecule has 2 N–H and O–H groups in total. The fourth-order valence-electron chi connectivity index (χ4n) is 5.05. The van der Waals surface area contributed by atoms with Gasteiger partial charge in [0.15, 0.2) is 5.03 Å². The third-order valence-corrected chi connectivity index (χ3v) is 8.31. The number of ether oxygens (including phenoxy) is 1. The van der Waals surface area contributed by atoms with Crippen molar-refractivity contribution >= 4 is 21.7 Å². The van der Waals surface area contributed by atoms with Gasteiger partial charge in [-0.3, -0.25) is 4.68 Å². The monoisotopic (exact) mass is 542 g/mol. The molecule has 0 atom stereocenters. The van der Waals surface area contributed by atoms with E-state index in [1.165, 1.54) is 25.4 Å². The number of fused-ring (bicyclic) bond motifs is 1. The lowest BCUT2D eigenvalue weighted by Crippen LogP contribution is -2.47. The largest absolute Gasteiger partial charge is 0.481 e. The number of sulfonamides is 1. The van der Waals surface area contributed by atoms with Gasteiger partial charge in [0.25, 0.3) is 10.0 Å². The SMILES string of the molecule is COc1cc(-c2cc(F)c3c(c2NC(=O)NS(=O)(=O)c2ccn(C(C)(C)CN4CCC4)n2)CCC3)ccn1. The molecule has 3 aromatic rings. The van der Waals surface area contributed by atoms with Gasteiger partial charge in [-0.1, -0.05) is 0 Å². The molecule has 12 heteroatoms. The molecule has 202 valence electrons. The Hall–Kier alpha value is -3.51. The Bertz CT molecular complexity index is 1480. The molecule has 2 aliphatic rings. The van der Waals surface area contributed by atoms with Gasteiger partial charge in [0.1, 0.15) is 5.82 Å². The van der Waals surface area contributed by atoms with E-state index < -0.39 is 21.6 Å². The smallest absolute Gasteiger partial charge is 0.333 e. The third-order valence-electron chi connectivity index (χ3n) is 7.09. The summed E-state index contributed by atoms with van der Waals surface area (Å²) in [5.74, 6) is -0.0396. The van der Waals surface area contributed by atoms with Crippen LogP contribution in [0.15, 0.2) is 41.7 Å². The molecular weight excluding hydrogens is 511 g/mol. The van der Waals surface area contributed by atoms with Crippen molar-refractivity contribution in [3.05, 3.63) is 53.6 Å². The molecule has 3 heterocycles. The normalized spacial score (nSPS) is 15.6. The zero-order chi connectivity index (χ0) is 27.1. The van der Waals surface area contributed by atoms with Crippen molar-refractivity contribution in [1.82, 2.24) is 24.4 Å². The number of carbonyl (C=O) groups is 1. The van der Waals surface area contributed by atoms with Crippen molar-refractivity contribution in [1.29, 1.82) is 0 Å². The maximum Gasteiger partial charge on any atom is 0.333 e. The number of methoxy groups -OCH3 is 1. The summed E-state index contributed by atoms with van der Waals surface area (Å²) in [6, 6.07) is 5.07. The second kappa shape index (κ2) is 9.99. The maximum atomic E-state index is 14.9. The molecule has 1 aliphatic heterocycles. The summed E-state index contributed by atoms with van der Waals surface area (Å²) in [5, 5.41) is 6.69. The molecule has 0 spiro atoms. The topological polar surface area (TPSA) is 118 Å². The van der Waals surface area contributed by atoms with Gasteiger partial charge in [-0.15, -0.1) is 0 Å². The summed E-state index contributed by atoms with van der Waals surface area (Å²) in [6.07, 6.45) is 6.11. The third kappa shape index (κ3) is 5.10. The zero-order valence-electron chi connectivity index (χ0n) is 21.6. The fraction of sp³-hybridized carbons (Fsp3) is 0.423. The predicted octanol–water partition coefficient (Wildman–Crippen LogP) is 3.53. The Labute approximate surface area is 221 Å². The van der Waals surface area contributed by atoms with Gasteiger partial charge >= 0.3 is 6.03 Å². The lowest BCUT2D eigenvalue weighted by atomic mass is 9.97. The highest BCUT2D eigenvalue weighted by Crippen LogP contribution is 2.39. The van der Waals surface area contributed by atoms with E-state index in [1.807, 2.05) is 13.8 Å².